The molecule has 36 heavy (non-hydrogen) atoms. The summed E-state index contributed by atoms with van der Waals surface area (Å²) in [5, 5.41) is 13.1. The van der Waals surface area contributed by atoms with E-state index in [2.05, 4.69) is 15.9 Å². The van der Waals surface area contributed by atoms with E-state index in [1.165, 1.54) is 4.90 Å². The zero-order valence-corrected chi connectivity index (χ0v) is 22.6. The minimum atomic E-state index is -1.30. The molecule has 1 amide bonds. The second-order valence-corrected chi connectivity index (χ2v) is 10.00. The van der Waals surface area contributed by atoms with Gasteiger partial charge in [-0.2, -0.15) is 0 Å². The lowest BCUT2D eigenvalue weighted by atomic mass is 9.98. The van der Waals surface area contributed by atoms with Crippen LogP contribution in [0.3, 0.4) is 0 Å². The smallest absolute Gasteiger partial charge is 0.310 e. The Bertz CT molecular complexity index is 1320. The Morgan fingerprint density at radius 3 is 2.22 bits per heavy atom. The third-order valence-corrected chi connectivity index (χ3v) is 6.36. The molecule has 7 nitrogen and oxygen atoms in total. The normalized spacial score (nSPS) is 15.1. The van der Waals surface area contributed by atoms with Gasteiger partial charge in [0.1, 0.15) is 11.5 Å². The van der Waals surface area contributed by atoms with Crippen LogP contribution in [0.25, 0.3) is 10.8 Å². The van der Waals surface area contributed by atoms with Gasteiger partial charge in [-0.25, -0.2) is 0 Å². The molecule has 1 N–H and O–H groups in total. The summed E-state index contributed by atoms with van der Waals surface area (Å²) in [6.45, 7) is 9.66. The van der Waals surface area contributed by atoms with Crippen molar-refractivity contribution in [2.75, 3.05) is 11.5 Å². The van der Waals surface area contributed by atoms with Gasteiger partial charge in [0.05, 0.1) is 42.0 Å². The fraction of sp³-hybridized carbons (Fsp3) is 0.357. The van der Waals surface area contributed by atoms with Crippen LogP contribution in [-0.4, -0.2) is 35.8 Å². The number of amides is 1. The van der Waals surface area contributed by atoms with Crippen LogP contribution in [0.5, 0.6) is 11.5 Å². The lowest BCUT2D eigenvalue weighted by molar-refractivity contribution is -0.142. The highest BCUT2D eigenvalue weighted by molar-refractivity contribution is 9.10. The van der Waals surface area contributed by atoms with Gasteiger partial charge >= 0.3 is 5.97 Å². The van der Waals surface area contributed by atoms with Crippen molar-refractivity contribution in [3.8, 4) is 11.5 Å². The van der Waals surface area contributed by atoms with Gasteiger partial charge in [0.25, 0.3) is 5.91 Å². The molecule has 190 valence electrons. The molecule has 0 aromatic heterocycles. The Hall–Kier alpha value is -3.10. The quantitative estimate of drug-likeness (QED) is 0.346. The highest BCUT2D eigenvalue weighted by Gasteiger charge is 2.44. The van der Waals surface area contributed by atoms with Crippen LogP contribution in [0, 0.1) is 0 Å². The van der Waals surface area contributed by atoms with Crippen LogP contribution < -0.4 is 14.4 Å². The van der Waals surface area contributed by atoms with Crippen molar-refractivity contribution in [2.24, 2.45) is 0 Å². The topological polar surface area (TPSA) is 85.3 Å². The van der Waals surface area contributed by atoms with E-state index in [1.807, 2.05) is 52.0 Å². The number of ether oxygens (including phenoxy) is 3. The molecule has 3 aromatic rings. The van der Waals surface area contributed by atoms with Gasteiger partial charge in [0.15, 0.2) is 6.23 Å². The summed E-state index contributed by atoms with van der Waals surface area (Å²) in [6.07, 6.45) is -1.57. The van der Waals surface area contributed by atoms with Crippen LogP contribution >= 0.6 is 15.9 Å². The minimum Gasteiger partial charge on any atom is -0.490 e. The summed E-state index contributed by atoms with van der Waals surface area (Å²) in [7, 11) is 0. The first kappa shape index (κ1) is 26.0. The Labute approximate surface area is 219 Å². The van der Waals surface area contributed by atoms with Crippen LogP contribution in [0.15, 0.2) is 46.9 Å². The first-order valence-corrected chi connectivity index (χ1v) is 12.8. The minimum absolute atomic E-state index is 0.105. The Morgan fingerprint density at radius 1 is 1.03 bits per heavy atom. The number of anilines is 1. The third kappa shape index (κ3) is 4.80. The van der Waals surface area contributed by atoms with Crippen molar-refractivity contribution in [3.05, 3.63) is 63.6 Å². The second-order valence-electron chi connectivity index (χ2n) is 9.14. The first-order valence-electron chi connectivity index (χ1n) is 12.0. The lowest BCUT2D eigenvalue weighted by Gasteiger charge is -2.24. The van der Waals surface area contributed by atoms with Crippen LogP contribution in [0.1, 0.15) is 62.3 Å². The van der Waals surface area contributed by atoms with E-state index in [0.29, 0.717) is 33.8 Å². The van der Waals surface area contributed by atoms with E-state index < -0.39 is 12.1 Å². The number of rotatable bonds is 8. The molecule has 1 heterocycles. The van der Waals surface area contributed by atoms with Gasteiger partial charge in [0.2, 0.25) is 0 Å². The van der Waals surface area contributed by atoms with Gasteiger partial charge in [-0.15, -0.1) is 0 Å². The standard InChI is InChI=1S/C28H30BrNO6/c1-6-34-22(31)14-17-11-12-21(20(29)13-17)30-27(32)23-24(28(30)33)26(36-16(4)5)19-10-8-7-9-18(19)25(23)35-15(2)3/h7-13,15-16,27,32H,6,14H2,1-5H3. The molecule has 0 spiro atoms. The molecular formula is C28H30BrNO6. The molecule has 4 rings (SSSR count). The van der Waals surface area contributed by atoms with Gasteiger partial charge < -0.3 is 19.3 Å². The molecule has 1 aliphatic rings. The zero-order chi connectivity index (χ0) is 26.1. The molecule has 0 fully saturated rings. The Balaban J connectivity index is 1.87. The summed E-state index contributed by atoms with van der Waals surface area (Å²) in [5.41, 5.74) is 1.85. The summed E-state index contributed by atoms with van der Waals surface area (Å²) in [6, 6.07) is 12.8. The van der Waals surface area contributed by atoms with E-state index in [1.54, 1.807) is 25.1 Å². The predicted octanol–water partition coefficient (Wildman–Crippen LogP) is 5.93. The van der Waals surface area contributed by atoms with Crippen LogP contribution in [0.4, 0.5) is 5.69 Å². The van der Waals surface area contributed by atoms with Crippen molar-refractivity contribution in [2.45, 2.75) is 59.5 Å². The fourth-order valence-corrected chi connectivity index (χ4v) is 5.03. The summed E-state index contributed by atoms with van der Waals surface area (Å²) < 4.78 is 18.0. The average Bonchev–Trinajstić information content (AvgIpc) is 3.06. The highest BCUT2D eigenvalue weighted by Crippen LogP contribution is 2.51. The molecular weight excluding hydrogens is 526 g/mol. The van der Waals surface area contributed by atoms with Crippen molar-refractivity contribution >= 4 is 44.3 Å². The van der Waals surface area contributed by atoms with Gasteiger partial charge in [-0.3, -0.25) is 14.5 Å². The van der Waals surface area contributed by atoms with Crippen LogP contribution in [0.2, 0.25) is 0 Å². The average molecular weight is 556 g/mol. The molecule has 1 atom stereocenters. The van der Waals surface area contributed by atoms with E-state index in [4.69, 9.17) is 14.2 Å². The zero-order valence-electron chi connectivity index (χ0n) is 21.0. The molecule has 0 radical (unpaired) electrons. The van der Waals surface area contributed by atoms with Gasteiger partial charge in [-0.1, -0.05) is 30.3 Å². The van der Waals surface area contributed by atoms with Gasteiger partial charge in [-0.05, 0) is 68.2 Å². The van der Waals surface area contributed by atoms with Crippen molar-refractivity contribution in [1.82, 2.24) is 0 Å². The number of carbonyl (C=O) groups excluding carboxylic acids is 2. The highest BCUT2D eigenvalue weighted by atomic mass is 79.9. The summed E-state index contributed by atoms with van der Waals surface area (Å²) >= 11 is 3.53. The van der Waals surface area contributed by atoms with E-state index >= 15 is 0 Å². The second kappa shape index (κ2) is 10.5. The van der Waals surface area contributed by atoms with Gasteiger partial charge in [0, 0.05) is 15.2 Å². The number of fused-ring (bicyclic) bond motifs is 2. The number of benzene rings is 3. The number of nitrogens with zero attached hydrogens (tertiary/aromatic N) is 1. The number of aliphatic hydroxyl groups is 1. The summed E-state index contributed by atoms with van der Waals surface area (Å²) in [4.78, 5) is 27.2. The summed E-state index contributed by atoms with van der Waals surface area (Å²) in [5.74, 6) is 0.157. The molecule has 1 unspecified atom stereocenters. The molecule has 0 saturated heterocycles. The lowest BCUT2D eigenvalue weighted by Crippen LogP contribution is -2.28. The maximum Gasteiger partial charge on any atom is 0.310 e. The van der Waals surface area contributed by atoms with Crippen LogP contribution in [-0.2, 0) is 16.0 Å². The first-order chi connectivity index (χ1) is 17.1. The van der Waals surface area contributed by atoms with E-state index in [-0.39, 0.29) is 30.2 Å². The number of aliphatic hydroxyl groups excluding tert-OH is 1. The Morgan fingerprint density at radius 2 is 1.64 bits per heavy atom. The SMILES string of the molecule is CCOC(=O)Cc1ccc(N2C(=O)c3c(c(OC(C)C)c4ccccc4c3OC(C)C)C2O)c(Br)c1. The molecule has 8 heteroatoms. The largest absolute Gasteiger partial charge is 0.490 e. The number of esters is 1. The maximum absolute atomic E-state index is 13.9. The van der Waals surface area contributed by atoms with Crippen molar-refractivity contribution < 1.29 is 28.9 Å². The van der Waals surface area contributed by atoms with E-state index in [9.17, 15) is 14.7 Å². The van der Waals surface area contributed by atoms with Crippen molar-refractivity contribution in [1.29, 1.82) is 0 Å². The van der Waals surface area contributed by atoms with Crippen molar-refractivity contribution in [3.63, 3.8) is 0 Å². The number of hydrogen-bond donors (Lipinski definition) is 1. The Kier molecular flexibility index (Phi) is 7.57. The monoisotopic (exact) mass is 555 g/mol. The predicted molar refractivity (Wildman–Crippen MR) is 142 cm³/mol. The molecule has 0 aliphatic carbocycles. The number of carbonyl (C=O) groups is 2. The number of halogens is 1. The molecule has 1 aliphatic heterocycles. The third-order valence-electron chi connectivity index (χ3n) is 5.73. The number of hydrogen-bond acceptors (Lipinski definition) is 6. The van der Waals surface area contributed by atoms with E-state index in [0.717, 1.165) is 16.3 Å². The molecule has 0 bridgehead atoms. The maximum atomic E-state index is 13.9. The fourth-order valence-electron chi connectivity index (χ4n) is 4.41. The molecule has 3 aromatic carbocycles. The molecule has 0 saturated carbocycles.